The fraction of sp³-hybridized carbons (Fsp3) is 0.632. The van der Waals surface area contributed by atoms with Gasteiger partial charge < -0.3 is 14.4 Å². The number of likely N-dealkylation sites (N-methyl/N-ethyl adjacent to an activating group) is 1. The molecule has 0 radical (unpaired) electrons. The topological polar surface area (TPSA) is 76.2 Å². The Hall–Kier alpha value is -1.19. The number of halogens is 1. The van der Waals surface area contributed by atoms with Gasteiger partial charge in [-0.15, -0.1) is 0 Å². The second-order valence-corrected chi connectivity index (χ2v) is 9.86. The molecule has 2 fully saturated rings. The van der Waals surface area contributed by atoms with Crippen molar-refractivity contribution < 1.29 is 22.7 Å². The average Bonchev–Trinajstić information content (AvgIpc) is 3.13. The molecule has 1 aromatic rings. The smallest absolute Gasteiger partial charge is 0.253 e. The lowest BCUT2D eigenvalue weighted by molar-refractivity contribution is -0.0440. The highest BCUT2D eigenvalue weighted by Gasteiger charge is 2.34. The van der Waals surface area contributed by atoms with E-state index < -0.39 is 10.0 Å². The number of carbonyl (C=O) groups is 1. The predicted octanol–water partition coefficient (Wildman–Crippen LogP) is 2.39. The van der Waals surface area contributed by atoms with Crippen molar-refractivity contribution in [1.29, 1.82) is 0 Å². The Kier molecular flexibility index (Phi) is 6.66. The number of sulfonamides is 1. The number of carbonyl (C=O) groups excluding carboxylic acids is 1. The molecule has 0 N–H and O–H groups in total. The van der Waals surface area contributed by atoms with Crippen molar-refractivity contribution in [3.05, 3.63) is 28.8 Å². The molecule has 0 aliphatic carbocycles. The molecule has 9 heteroatoms. The monoisotopic (exact) mass is 430 g/mol. The Morgan fingerprint density at radius 2 is 1.96 bits per heavy atom. The fourth-order valence-corrected chi connectivity index (χ4v) is 5.79. The van der Waals surface area contributed by atoms with Gasteiger partial charge in [0, 0.05) is 38.9 Å². The van der Waals surface area contributed by atoms with Crippen molar-refractivity contribution in [2.24, 2.45) is 0 Å². The lowest BCUT2D eigenvalue weighted by Crippen LogP contribution is -2.48. The second-order valence-electron chi connectivity index (χ2n) is 7.55. The van der Waals surface area contributed by atoms with Gasteiger partial charge in [0.25, 0.3) is 5.91 Å². The average molecular weight is 431 g/mol. The first-order chi connectivity index (χ1) is 13.2. The summed E-state index contributed by atoms with van der Waals surface area (Å²) in [5.41, 5.74) is 0.290. The Morgan fingerprint density at radius 3 is 2.57 bits per heavy atom. The van der Waals surface area contributed by atoms with Crippen LogP contribution in [0.25, 0.3) is 0 Å². The number of hydrogen-bond donors (Lipinski definition) is 0. The maximum Gasteiger partial charge on any atom is 0.253 e. The Balaban J connectivity index is 1.83. The first kappa shape index (κ1) is 21.5. The van der Waals surface area contributed by atoms with Crippen molar-refractivity contribution in [1.82, 2.24) is 9.21 Å². The Bertz CT molecular complexity index is 816. The first-order valence-corrected chi connectivity index (χ1v) is 11.3. The van der Waals surface area contributed by atoms with E-state index in [1.165, 1.54) is 16.4 Å². The maximum absolute atomic E-state index is 13.2. The number of benzene rings is 1. The summed E-state index contributed by atoms with van der Waals surface area (Å²) in [5.74, 6) is -0.257. The largest absolute Gasteiger partial charge is 0.376 e. The van der Waals surface area contributed by atoms with E-state index in [0.29, 0.717) is 13.2 Å². The van der Waals surface area contributed by atoms with E-state index in [2.05, 4.69) is 0 Å². The molecule has 0 bridgehead atoms. The van der Waals surface area contributed by atoms with Crippen LogP contribution in [0.4, 0.5) is 0 Å². The van der Waals surface area contributed by atoms with Crippen LogP contribution < -0.4 is 0 Å². The minimum absolute atomic E-state index is 0.0285. The summed E-state index contributed by atoms with van der Waals surface area (Å²) >= 11 is 6.21. The molecule has 2 heterocycles. The zero-order valence-corrected chi connectivity index (χ0v) is 18.0. The van der Waals surface area contributed by atoms with Crippen molar-refractivity contribution >= 4 is 27.5 Å². The Labute approximate surface area is 171 Å². The molecule has 3 rings (SSSR count). The molecule has 3 atom stereocenters. The van der Waals surface area contributed by atoms with E-state index in [0.717, 1.165) is 12.8 Å². The maximum atomic E-state index is 13.2. The van der Waals surface area contributed by atoms with Crippen molar-refractivity contribution in [3.63, 3.8) is 0 Å². The minimum Gasteiger partial charge on any atom is -0.376 e. The van der Waals surface area contributed by atoms with Gasteiger partial charge in [0.2, 0.25) is 10.0 Å². The van der Waals surface area contributed by atoms with Crippen LogP contribution in [0.2, 0.25) is 5.02 Å². The molecule has 1 aromatic carbocycles. The highest BCUT2D eigenvalue weighted by Crippen LogP contribution is 2.28. The van der Waals surface area contributed by atoms with Gasteiger partial charge >= 0.3 is 0 Å². The van der Waals surface area contributed by atoms with E-state index in [1.54, 1.807) is 18.0 Å². The summed E-state index contributed by atoms with van der Waals surface area (Å²) in [6, 6.07) is 4.39. The van der Waals surface area contributed by atoms with Crippen LogP contribution in [-0.4, -0.2) is 75.1 Å². The first-order valence-electron chi connectivity index (χ1n) is 9.50. The second kappa shape index (κ2) is 8.67. The summed E-state index contributed by atoms with van der Waals surface area (Å²) < 4.78 is 38.9. The molecule has 28 heavy (non-hydrogen) atoms. The van der Waals surface area contributed by atoms with Crippen LogP contribution >= 0.6 is 11.6 Å². The lowest BCUT2D eigenvalue weighted by Gasteiger charge is -2.34. The molecule has 0 spiro atoms. The molecule has 156 valence electrons. The molecular formula is C19H27ClN2O5S. The van der Waals surface area contributed by atoms with Crippen molar-refractivity contribution in [3.8, 4) is 0 Å². The van der Waals surface area contributed by atoms with Gasteiger partial charge in [-0.05, 0) is 44.9 Å². The van der Waals surface area contributed by atoms with Gasteiger partial charge in [-0.3, -0.25) is 4.79 Å². The molecule has 2 saturated heterocycles. The number of rotatable bonds is 5. The number of nitrogens with zero attached hydrogens (tertiary/aromatic N) is 2. The molecule has 1 amide bonds. The predicted molar refractivity (Wildman–Crippen MR) is 106 cm³/mol. The van der Waals surface area contributed by atoms with Crippen LogP contribution in [0.5, 0.6) is 0 Å². The third kappa shape index (κ3) is 4.68. The zero-order valence-electron chi connectivity index (χ0n) is 16.4. The number of amides is 1. The summed E-state index contributed by atoms with van der Waals surface area (Å²) in [4.78, 5) is 14.3. The molecule has 2 aliphatic heterocycles. The summed E-state index contributed by atoms with van der Waals surface area (Å²) in [6.45, 7) is 5.36. The van der Waals surface area contributed by atoms with E-state index in [4.69, 9.17) is 21.1 Å². The summed E-state index contributed by atoms with van der Waals surface area (Å²) in [6.07, 6.45) is 1.53. The van der Waals surface area contributed by atoms with E-state index in [1.807, 2.05) is 13.8 Å². The van der Waals surface area contributed by atoms with Gasteiger partial charge in [-0.25, -0.2) is 8.42 Å². The highest BCUT2D eigenvalue weighted by atomic mass is 35.5. The van der Waals surface area contributed by atoms with Crippen molar-refractivity contribution in [2.75, 3.05) is 33.3 Å². The Morgan fingerprint density at radius 1 is 1.29 bits per heavy atom. The van der Waals surface area contributed by atoms with Crippen LogP contribution in [0, 0.1) is 0 Å². The molecule has 7 nitrogen and oxygen atoms in total. The molecular weight excluding hydrogens is 404 g/mol. The van der Waals surface area contributed by atoms with E-state index in [-0.39, 0.29) is 52.8 Å². The minimum atomic E-state index is -3.84. The number of hydrogen-bond acceptors (Lipinski definition) is 5. The third-order valence-electron chi connectivity index (χ3n) is 5.03. The molecule has 0 aromatic heterocycles. The summed E-state index contributed by atoms with van der Waals surface area (Å²) in [5, 5.41) is 0.102. The third-order valence-corrected chi connectivity index (χ3v) is 7.34. The quantitative estimate of drug-likeness (QED) is 0.716. The standard InChI is InChI=1S/C19H27ClN2O5S/c1-13-10-22(11-14(2)27-13)28(24,25)18-9-15(6-7-17(18)20)19(23)21(3)12-16-5-4-8-26-16/h6-7,9,13-14,16H,4-5,8,10-12H2,1-3H3. The summed E-state index contributed by atoms with van der Waals surface area (Å²) in [7, 11) is -2.14. The van der Waals surface area contributed by atoms with Crippen LogP contribution in [0.15, 0.2) is 23.1 Å². The normalized spacial score (nSPS) is 26.4. The van der Waals surface area contributed by atoms with Gasteiger partial charge in [0.15, 0.2) is 0 Å². The van der Waals surface area contributed by atoms with Gasteiger partial charge in [-0.1, -0.05) is 11.6 Å². The zero-order chi connectivity index (χ0) is 20.5. The van der Waals surface area contributed by atoms with Crippen LogP contribution in [0.3, 0.4) is 0 Å². The highest BCUT2D eigenvalue weighted by molar-refractivity contribution is 7.89. The molecule has 0 saturated carbocycles. The number of ether oxygens (including phenoxy) is 2. The lowest BCUT2D eigenvalue weighted by atomic mass is 10.2. The van der Waals surface area contributed by atoms with Gasteiger partial charge in [0.1, 0.15) is 4.90 Å². The SMILES string of the molecule is CC1CN(S(=O)(=O)c2cc(C(=O)N(C)CC3CCCO3)ccc2Cl)CC(C)O1. The molecule has 3 unspecified atom stereocenters. The van der Waals surface area contributed by atoms with E-state index in [9.17, 15) is 13.2 Å². The van der Waals surface area contributed by atoms with Crippen LogP contribution in [-0.2, 0) is 19.5 Å². The van der Waals surface area contributed by atoms with Crippen molar-refractivity contribution in [2.45, 2.75) is 49.9 Å². The van der Waals surface area contributed by atoms with Gasteiger partial charge in [-0.2, -0.15) is 4.31 Å². The number of morpholine rings is 1. The molecule has 2 aliphatic rings. The van der Waals surface area contributed by atoms with Crippen LogP contribution in [0.1, 0.15) is 37.0 Å². The van der Waals surface area contributed by atoms with E-state index >= 15 is 0 Å². The fourth-order valence-electron chi connectivity index (χ4n) is 3.70. The van der Waals surface area contributed by atoms with Gasteiger partial charge in [0.05, 0.1) is 23.3 Å².